The third-order valence-electron chi connectivity index (χ3n) is 4.24. The zero-order valence-electron chi connectivity index (χ0n) is 15.7. The third-order valence-corrected chi connectivity index (χ3v) is 4.24. The van der Waals surface area contributed by atoms with Gasteiger partial charge in [-0.15, -0.1) is 0 Å². The van der Waals surface area contributed by atoms with Crippen molar-refractivity contribution in [1.29, 1.82) is 0 Å². The van der Waals surface area contributed by atoms with Gasteiger partial charge in [0.2, 0.25) is 5.91 Å². The van der Waals surface area contributed by atoms with Crippen LogP contribution in [-0.4, -0.2) is 26.3 Å². The number of nitrogens with one attached hydrogen (secondary N) is 2. The van der Waals surface area contributed by atoms with Gasteiger partial charge in [-0.25, -0.2) is 4.98 Å². The van der Waals surface area contributed by atoms with Gasteiger partial charge in [0.25, 0.3) is 11.6 Å². The van der Waals surface area contributed by atoms with Gasteiger partial charge in [0.05, 0.1) is 16.9 Å². The minimum atomic E-state index is -0.519. The SMILES string of the molecule is Cc1ccc([N+](=O)[O-])cc1NC(=O)c1cccc(NC(=O)CCn2ccnc2)c1. The van der Waals surface area contributed by atoms with E-state index >= 15 is 0 Å². The van der Waals surface area contributed by atoms with E-state index in [4.69, 9.17) is 0 Å². The highest BCUT2D eigenvalue weighted by atomic mass is 16.6. The molecule has 2 amide bonds. The lowest BCUT2D eigenvalue weighted by atomic mass is 10.1. The lowest BCUT2D eigenvalue weighted by molar-refractivity contribution is -0.384. The third kappa shape index (κ3) is 5.25. The number of carbonyl (C=O) groups excluding carboxylic acids is 2. The monoisotopic (exact) mass is 393 g/mol. The van der Waals surface area contributed by atoms with E-state index in [0.717, 1.165) is 0 Å². The average Bonchev–Trinajstić information content (AvgIpc) is 3.22. The summed E-state index contributed by atoms with van der Waals surface area (Å²) in [5, 5.41) is 16.4. The van der Waals surface area contributed by atoms with E-state index in [-0.39, 0.29) is 18.0 Å². The Labute approximate surface area is 166 Å². The Hall–Kier alpha value is -4.01. The number of imidazole rings is 1. The molecule has 0 aliphatic rings. The van der Waals surface area contributed by atoms with Gasteiger partial charge in [0.15, 0.2) is 0 Å². The second-order valence-corrected chi connectivity index (χ2v) is 6.39. The van der Waals surface area contributed by atoms with Crippen LogP contribution in [-0.2, 0) is 11.3 Å². The molecule has 0 saturated carbocycles. The van der Waals surface area contributed by atoms with Gasteiger partial charge in [0, 0.05) is 48.7 Å². The van der Waals surface area contributed by atoms with Crippen molar-refractivity contribution in [3.05, 3.63) is 82.4 Å². The first kappa shape index (κ1) is 19.7. The summed E-state index contributed by atoms with van der Waals surface area (Å²) in [6.07, 6.45) is 5.31. The predicted molar refractivity (Wildman–Crippen MR) is 108 cm³/mol. The smallest absolute Gasteiger partial charge is 0.271 e. The average molecular weight is 393 g/mol. The number of amides is 2. The van der Waals surface area contributed by atoms with Gasteiger partial charge >= 0.3 is 0 Å². The standard InChI is InChI=1S/C20H19N5O4/c1-14-5-6-17(25(28)29)12-18(14)23-20(27)15-3-2-4-16(11-15)22-19(26)7-9-24-10-8-21-13-24/h2-6,8,10-13H,7,9H2,1H3,(H,22,26)(H,23,27). The first-order valence-corrected chi connectivity index (χ1v) is 8.84. The summed E-state index contributed by atoms with van der Waals surface area (Å²) in [7, 11) is 0. The van der Waals surface area contributed by atoms with Crippen LogP contribution in [0.25, 0.3) is 0 Å². The Balaban J connectivity index is 1.65. The molecule has 0 radical (unpaired) electrons. The van der Waals surface area contributed by atoms with E-state index in [1.807, 2.05) is 0 Å². The second-order valence-electron chi connectivity index (χ2n) is 6.39. The molecule has 1 aromatic heterocycles. The number of anilines is 2. The maximum absolute atomic E-state index is 12.6. The summed E-state index contributed by atoms with van der Waals surface area (Å²) in [6.45, 7) is 2.24. The molecule has 2 N–H and O–H groups in total. The van der Waals surface area contributed by atoms with Gasteiger partial charge < -0.3 is 15.2 Å². The Bertz CT molecular complexity index is 1050. The quantitative estimate of drug-likeness (QED) is 0.471. The lowest BCUT2D eigenvalue weighted by Crippen LogP contribution is -2.16. The zero-order chi connectivity index (χ0) is 20.8. The van der Waals surface area contributed by atoms with Crippen molar-refractivity contribution in [3.63, 3.8) is 0 Å². The number of nitro benzene ring substituents is 1. The van der Waals surface area contributed by atoms with Crippen molar-refractivity contribution >= 4 is 28.9 Å². The summed E-state index contributed by atoms with van der Waals surface area (Å²) in [5.41, 5.74) is 1.77. The normalized spacial score (nSPS) is 10.4. The number of non-ortho nitro benzene ring substituents is 1. The van der Waals surface area contributed by atoms with Crippen LogP contribution in [0.2, 0.25) is 0 Å². The van der Waals surface area contributed by atoms with Crippen molar-refractivity contribution in [1.82, 2.24) is 9.55 Å². The Morgan fingerprint density at radius 2 is 2.00 bits per heavy atom. The number of rotatable bonds is 7. The van der Waals surface area contributed by atoms with Crippen LogP contribution in [0.4, 0.5) is 17.1 Å². The van der Waals surface area contributed by atoms with Crippen LogP contribution in [0.3, 0.4) is 0 Å². The van der Waals surface area contributed by atoms with Crippen LogP contribution in [0.5, 0.6) is 0 Å². The number of aryl methyl sites for hydroxylation is 2. The molecule has 29 heavy (non-hydrogen) atoms. The number of nitrogens with zero attached hydrogens (tertiary/aromatic N) is 3. The number of nitro groups is 1. The molecule has 0 bridgehead atoms. The molecule has 0 unspecified atom stereocenters. The van der Waals surface area contributed by atoms with Gasteiger partial charge in [-0.05, 0) is 30.7 Å². The van der Waals surface area contributed by atoms with Crippen LogP contribution in [0.1, 0.15) is 22.3 Å². The molecule has 0 aliphatic heterocycles. The maximum Gasteiger partial charge on any atom is 0.271 e. The summed E-state index contributed by atoms with van der Waals surface area (Å²) >= 11 is 0. The Morgan fingerprint density at radius 1 is 1.17 bits per heavy atom. The lowest BCUT2D eigenvalue weighted by Gasteiger charge is -2.10. The molecule has 0 fully saturated rings. The van der Waals surface area contributed by atoms with Crippen molar-refractivity contribution in [2.45, 2.75) is 19.9 Å². The Kier molecular flexibility index (Phi) is 5.98. The highest BCUT2D eigenvalue weighted by Crippen LogP contribution is 2.23. The molecule has 0 spiro atoms. The van der Waals surface area contributed by atoms with Crippen LogP contribution in [0, 0.1) is 17.0 Å². The molecular weight excluding hydrogens is 374 g/mol. The van der Waals surface area contributed by atoms with Gasteiger partial charge in [0.1, 0.15) is 0 Å². The van der Waals surface area contributed by atoms with E-state index in [1.54, 1.807) is 60.5 Å². The molecule has 148 valence electrons. The molecule has 3 rings (SSSR count). The molecular formula is C20H19N5O4. The second kappa shape index (κ2) is 8.79. The fourth-order valence-electron chi connectivity index (χ4n) is 2.66. The number of hydrogen-bond donors (Lipinski definition) is 2. The van der Waals surface area contributed by atoms with Crippen molar-refractivity contribution < 1.29 is 14.5 Å². The molecule has 0 aliphatic carbocycles. The fraction of sp³-hybridized carbons (Fsp3) is 0.150. The summed E-state index contributed by atoms with van der Waals surface area (Å²) < 4.78 is 1.80. The van der Waals surface area contributed by atoms with Crippen LogP contribution < -0.4 is 10.6 Å². The van der Waals surface area contributed by atoms with E-state index < -0.39 is 10.8 Å². The summed E-state index contributed by atoms with van der Waals surface area (Å²) in [5.74, 6) is -0.617. The summed E-state index contributed by atoms with van der Waals surface area (Å²) in [6, 6.07) is 10.8. The number of carbonyl (C=O) groups is 2. The topological polar surface area (TPSA) is 119 Å². The van der Waals surface area contributed by atoms with E-state index in [0.29, 0.717) is 29.0 Å². The highest BCUT2D eigenvalue weighted by molar-refractivity contribution is 6.05. The van der Waals surface area contributed by atoms with E-state index in [1.165, 1.54) is 12.1 Å². The minimum Gasteiger partial charge on any atom is -0.337 e. The van der Waals surface area contributed by atoms with Gasteiger partial charge in [-0.2, -0.15) is 0 Å². The predicted octanol–water partition coefficient (Wildman–Crippen LogP) is 3.38. The molecule has 3 aromatic rings. The molecule has 0 atom stereocenters. The zero-order valence-corrected chi connectivity index (χ0v) is 15.7. The van der Waals surface area contributed by atoms with E-state index in [2.05, 4.69) is 15.6 Å². The number of hydrogen-bond acceptors (Lipinski definition) is 5. The van der Waals surface area contributed by atoms with Crippen molar-refractivity contribution in [2.75, 3.05) is 10.6 Å². The molecule has 2 aromatic carbocycles. The summed E-state index contributed by atoms with van der Waals surface area (Å²) in [4.78, 5) is 39.0. The maximum atomic E-state index is 12.6. The molecule has 9 nitrogen and oxygen atoms in total. The largest absolute Gasteiger partial charge is 0.337 e. The van der Waals surface area contributed by atoms with Crippen molar-refractivity contribution in [3.8, 4) is 0 Å². The van der Waals surface area contributed by atoms with E-state index in [9.17, 15) is 19.7 Å². The first-order valence-electron chi connectivity index (χ1n) is 8.84. The number of benzene rings is 2. The molecule has 0 saturated heterocycles. The number of aromatic nitrogens is 2. The highest BCUT2D eigenvalue weighted by Gasteiger charge is 2.13. The van der Waals surface area contributed by atoms with Gasteiger partial charge in [-0.1, -0.05) is 12.1 Å². The van der Waals surface area contributed by atoms with Crippen molar-refractivity contribution in [2.24, 2.45) is 0 Å². The first-order chi connectivity index (χ1) is 13.9. The van der Waals surface area contributed by atoms with Gasteiger partial charge in [-0.3, -0.25) is 19.7 Å². The Morgan fingerprint density at radius 3 is 2.72 bits per heavy atom. The minimum absolute atomic E-state index is 0.107. The fourth-order valence-corrected chi connectivity index (χ4v) is 2.66. The molecule has 9 heteroatoms. The molecule has 1 heterocycles. The van der Waals surface area contributed by atoms with Crippen LogP contribution >= 0.6 is 0 Å². The van der Waals surface area contributed by atoms with Crippen LogP contribution in [0.15, 0.2) is 61.2 Å².